The Labute approximate surface area is 152 Å². The van der Waals surface area contributed by atoms with Gasteiger partial charge in [0.25, 0.3) is 0 Å². The summed E-state index contributed by atoms with van der Waals surface area (Å²) >= 11 is 0. The van der Waals surface area contributed by atoms with Gasteiger partial charge in [-0.05, 0) is 6.42 Å². The second-order valence-corrected chi connectivity index (χ2v) is 6.53. The highest BCUT2D eigenvalue weighted by molar-refractivity contribution is 5.79. The molecule has 0 spiro atoms. The van der Waals surface area contributed by atoms with Crippen LogP contribution in [0.4, 0.5) is 0 Å². The minimum Gasteiger partial charge on any atom is -0.208 e. The summed E-state index contributed by atoms with van der Waals surface area (Å²) < 4.78 is 0. The first-order chi connectivity index (χ1) is 12.9. The highest BCUT2D eigenvalue weighted by Crippen LogP contribution is 2.45. The number of rotatable bonds is 3. The maximum absolute atomic E-state index is 4.81. The Morgan fingerprint density at radius 3 is 1.85 bits per heavy atom. The number of hydrogen-bond acceptors (Lipinski definition) is 3. The maximum Gasteiger partial charge on any atom is 0.164 e. The fourth-order valence-electron chi connectivity index (χ4n) is 3.28. The van der Waals surface area contributed by atoms with Gasteiger partial charge in [-0.2, -0.15) is 0 Å². The van der Waals surface area contributed by atoms with Crippen LogP contribution in [0.3, 0.4) is 0 Å². The summed E-state index contributed by atoms with van der Waals surface area (Å²) in [6, 6.07) is 20.2. The van der Waals surface area contributed by atoms with E-state index in [0.29, 0.717) is 17.6 Å². The monoisotopic (exact) mass is 335 g/mol. The summed E-state index contributed by atoms with van der Waals surface area (Å²) in [6.07, 6.45) is 9.65. The molecule has 1 saturated carbocycles. The third kappa shape index (κ3) is 2.78. The Balaban J connectivity index is 1.70. The molecule has 3 heteroatoms. The van der Waals surface area contributed by atoms with Crippen LogP contribution in [0.1, 0.15) is 12.2 Å². The molecule has 3 aromatic rings. The molecule has 124 valence electrons. The minimum absolute atomic E-state index is 0.539. The molecule has 0 radical (unpaired) electrons. The second kappa shape index (κ2) is 6.19. The number of allylic oxidation sites excluding steroid dienone is 6. The van der Waals surface area contributed by atoms with E-state index in [1.165, 1.54) is 5.57 Å². The average Bonchev–Trinajstić information content (AvgIpc) is 3.49. The number of nitrogens with zero attached hydrogens (tertiary/aromatic N) is 3. The van der Waals surface area contributed by atoms with E-state index in [0.717, 1.165) is 28.9 Å². The van der Waals surface area contributed by atoms with Crippen molar-refractivity contribution < 1.29 is 0 Å². The first-order valence-electron chi connectivity index (χ1n) is 8.84. The van der Waals surface area contributed by atoms with Crippen molar-refractivity contribution in [3.8, 4) is 22.8 Å². The Morgan fingerprint density at radius 1 is 0.654 bits per heavy atom. The molecule has 1 unspecified atom stereocenters. The molecular formula is C23H17N3. The second-order valence-electron chi connectivity index (χ2n) is 6.53. The van der Waals surface area contributed by atoms with Crippen LogP contribution in [0.25, 0.3) is 28.3 Å². The van der Waals surface area contributed by atoms with Gasteiger partial charge in [-0.1, -0.05) is 90.5 Å². The van der Waals surface area contributed by atoms with Crippen molar-refractivity contribution in [2.75, 3.05) is 0 Å². The van der Waals surface area contributed by atoms with Gasteiger partial charge in [-0.3, -0.25) is 0 Å². The number of hydrogen-bond donors (Lipinski definition) is 0. The third-order valence-corrected chi connectivity index (χ3v) is 4.73. The van der Waals surface area contributed by atoms with Gasteiger partial charge in [-0.25, -0.2) is 15.0 Å². The van der Waals surface area contributed by atoms with Gasteiger partial charge in [0.1, 0.15) is 0 Å². The summed E-state index contributed by atoms with van der Waals surface area (Å²) in [5.41, 5.74) is 4.56. The van der Waals surface area contributed by atoms with E-state index in [2.05, 4.69) is 24.3 Å². The third-order valence-electron chi connectivity index (χ3n) is 4.73. The first kappa shape index (κ1) is 15.0. The van der Waals surface area contributed by atoms with Crippen LogP contribution in [0.2, 0.25) is 0 Å². The minimum atomic E-state index is 0.539. The van der Waals surface area contributed by atoms with Gasteiger partial charge in [0.15, 0.2) is 17.5 Å². The smallest absolute Gasteiger partial charge is 0.164 e. The predicted octanol–water partition coefficient (Wildman–Crippen LogP) is 5.11. The molecule has 3 nitrogen and oxygen atoms in total. The lowest BCUT2D eigenvalue weighted by Crippen LogP contribution is -2.02. The molecule has 0 amide bonds. The van der Waals surface area contributed by atoms with E-state index in [1.54, 1.807) is 0 Å². The molecule has 1 aromatic heterocycles. The molecule has 2 aliphatic rings. The number of benzene rings is 2. The number of aromatic nitrogens is 3. The molecule has 0 bridgehead atoms. The van der Waals surface area contributed by atoms with Crippen LogP contribution >= 0.6 is 0 Å². The summed E-state index contributed by atoms with van der Waals surface area (Å²) in [4.78, 5) is 14.4. The number of fused-ring (bicyclic) bond motifs is 1. The highest BCUT2D eigenvalue weighted by Gasteiger charge is 2.32. The molecule has 2 aliphatic carbocycles. The Kier molecular flexibility index (Phi) is 3.56. The van der Waals surface area contributed by atoms with Gasteiger partial charge in [0.2, 0.25) is 0 Å². The van der Waals surface area contributed by atoms with Gasteiger partial charge in [0.05, 0.1) is 0 Å². The van der Waals surface area contributed by atoms with Crippen molar-refractivity contribution in [2.24, 2.45) is 5.92 Å². The van der Waals surface area contributed by atoms with Gasteiger partial charge in [-0.15, -0.1) is 0 Å². The summed E-state index contributed by atoms with van der Waals surface area (Å²) in [7, 11) is 0. The standard InChI is InChI=1S/C23H17N3/c1-3-9-16(10-4-1)21-24-22(17-11-5-2-6-12-17)26-23(25-21)19-14-8-7-13-18-15-20(18)19/h1-14,18H,15H2. The van der Waals surface area contributed by atoms with E-state index >= 15 is 0 Å². The fraction of sp³-hybridized carbons (Fsp3) is 0.0870. The van der Waals surface area contributed by atoms with Crippen molar-refractivity contribution in [3.05, 3.63) is 96.4 Å². The zero-order valence-electron chi connectivity index (χ0n) is 14.2. The van der Waals surface area contributed by atoms with E-state index in [-0.39, 0.29) is 0 Å². The van der Waals surface area contributed by atoms with Crippen LogP contribution in [0.15, 0.2) is 90.5 Å². The fourth-order valence-corrected chi connectivity index (χ4v) is 3.28. The van der Waals surface area contributed by atoms with Crippen LogP contribution < -0.4 is 0 Å². The van der Waals surface area contributed by atoms with E-state index < -0.39 is 0 Å². The lowest BCUT2D eigenvalue weighted by molar-refractivity contribution is 1.04. The molecule has 5 rings (SSSR count). The van der Waals surface area contributed by atoms with Crippen molar-refractivity contribution in [3.63, 3.8) is 0 Å². The molecule has 0 aliphatic heterocycles. The zero-order chi connectivity index (χ0) is 17.3. The molecule has 2 aromatic carbocycles. The summed E-state index contributed by atoms with van der Waals surface area (Å²) in [5.74, 6) is 2.72. The SMILES string of the molecule is C1=CC(c2nc(-c3ccccc3)nc(-c3ccccc3)n2)=C2CC2C=C1. The summed E-state index contributed by atoms with van der Waals surface area (Å²) in [5, 5.41) is 0. The van der Waals surface area contributed by atoms with Crippen molar-refractivity contribution in [2.45, 2.75) is 6.42 Å². The first-order valence-corrected chi connectivity index (χ1v) is 8.84. The van der Waals surface area contributed by atoms with Crippen LogP contribution in [0, 0.1) is 5.92 Å². The van der Waals surface area contributed by atoms with Crippen LogP contribution in [-0.4, -0.2) is 15.0 Å². The van der Waals surface area contributed by atoms with E-state index in [1.807, 2.05) is 60.7 Å². The van der Waals surface area contributed by atoms with Gasteiger partial charge >= 0.3 is 0 Å². The lowest BCUT2D eigenvalue weighted by Gasteiger charge is -2.08. The van der Waals surface area contributed by atoms with E-state index in [9.17, 15) is 0 Å². The van der Waals surface area contributed by atoms with Gasteiger partial charge in [0, 0.05) is 22.6 Å². The highest BCUT2D eigenvalue weighted by atomic mass is 15.0. The zero-order valence-corrected chi connectivity index (χ0v) is 14.2. The van der Waals surface area contributed by atoms with Crippen molar-refractivity contribution in [1.29, 1.82) is 0 Å². The molecule has 1 heterocycles. The van der Waals surface area contributed by atoms with Crippen molar-refractivity contribution in [1.82, 2.24) is 15.0 Å². The van der Waals surface area contributed by atoms with Crippen molar-refractivity contribution >= 4 is 5.57 Å². The molecule has 26 heavy (non-hydrogen) atoms. The summed E-state index contributed by atoms with van der Waals surface area (Å²) in [6.45, 7) is 0. The largest absolute Gasteiger partial charge is 0.208 e. The molecule has 1 atom stereocenters. The topological polar surface area (TPSA) is 38.7 Å². The van der Waals surface area contributed by atoms with E-state index in [4.69, 9.17) is 15.0 Å². The molecule has 0 saturated heterocycles. The lowest BCUT2D eigenvalue weighted by atomic mass is 10.1. The Hall–Kier alpha value is -3.33. The molecule has 1 fully saturated rings. The quantitative estimate of drug-likeness (QED) is 0.668. The Bertz CT molecular complexity index is 990. The molecule has 0 N–H and O–H groups in total. The molecular weight excluding hydrogens is 318 g/mol. The average molecular weight is 335 g/mol. The normalized spacial score (nSPS) is 17.8. The predicted molar refractivity (Wildman–Crippen MR) is 104 cm³/mol. The van der Waals surface area contributed by atoms with Crippen LogP contribution in [-0.2, 0) is 0 Å². The maximum atomic E-state index is 4.81. The Morgan fingerprint density at radius 2 is 1.23 bits per heavy atom. The van der Waals surface area contributed by atoms with Crippen LogP contribution in [0.5, 0.6) is 0 Å². The van der Waals surface area contributed by atoms with Gasteiger partial charge < -0.3 is 0 Å².